The lowest BCUT2D eigenvalue weighted by Crippen LogP contribution is -2.43. The molecule has 0 aromatic carbocycles. The predicted octanol–water partition coefficient (Wildman–Crippen LogP) is 1.04. The van der Waals surface area contributed by atoms with Gasteiger partial charge in [0.25, 0.3) is 0 Å². The van der Waals surface area contributed by atoms with Gasteiger partial charge in [-0.25, -0.2) is 0 Å². The standard InChI is InChI=1S/C10H21NO2/c1-4-11-5-10(8(2)3)13-9-6-12-7-9/h8-11H,4-7H2,1-3H3. The Hall–Kier alpha value is -0.120. The fourth-order valence-corrected chi connectivity index (χ4v) is 1.27. The second-order valence-electron chi connectivity index (χ2n) is 3.89. The first kappa shape index (κ1) is 11.0. The Balaban J connectivity index is 2.19. The van der Waals surface area contributed by atoms with Gasteiger partial charge in [-0.2, -0.15) is 0 Å². The fraction of sp³-hybridized carbons (Fsp3) is 1.00. The van der Waals surface area contributed by atoms with Crippen molar-refractivity contribution < 1.29 is 9.47 Å². The highest BCUT2D eigenvalue weighted by atomic mass is 16.6. The van der Waals surface area contributed by atoms with Crippen LogP contribution in [0.5, 0.6) is 0 Å². The van der Waals surface area contributed by atoms with Crippen molar-refractivity contribution in [3.8, 4) is 0 Å². The van der Waals surface area contributed by atoms with Crippen molar-refractivity contribution in [2.45, 2.75) is 33.0 Å². The number of ether oxygens (including phenoxy) is 2. The smallest absolute Gasteiger partial charge is 0.105 e. The number of likely N-dealkylation sites (N-methyl/N-ethyl adjacent to an activating group) is 1. The third-order valence-electron chi connectivity index (χ3n) is 2.31. The molecule has 1 aliphatic heterocycles. The molecule has 3 nitrogen and oxygen atoms in total. The lowest BCUT2D eigenvalue weighted by atomic mass is 10.1. The molecule has 1 fully saturated rings. The quantitative estimate of drug-likeness (QED) is 0.674. The van der Waals surface area contributed by atoms with E-state index in [1.807, 2.05) is 0 Å². The number of hydrogen-bond acceptors (Lipinski definition) is 3. The van der Waals surface area contributed by atoms with Crippen molar-refractivity contribution in [1.29, 1.82) is 0 Å². The van der Waals surface area contributed by atoms with Crippen LogP contribution in [-0.2, 0) is 9.47 Å². The van der Waals surface area contributed by atoms with Crippen molar-refractivity contribution >= 4 is 0 Å². The van der Waals surface area contributed by atoms with Crippen LogP contribution in [0, 0.1) is 5.92 Å². The van der Waals surface area contributed by atoms with Crippen molar-refractivity contribution in [2.75, 3.05) is 26.3 Å². The van der Waals surface area contributed by atoms with Gasteiger partial charge in [-0.3, -0.25) is 0 Å². The van der Waals surface area contributed by atoms with Gasteiger partial charge >= 0.3 is 0 Å². The van der Waals surface area contributed by atoms with Gasteiger partial charge in [-0.15, -0.1) is 0 Å². The van der Waals surface area contributed by atoms with Crippen LogP contribution in [0.4, 0.5) is 0 Å². The van der Waals surface area contributed by atoms with Crippen molar-refractivity contribution in [3.63, 3.8) is 0 Å². The van der Waals surface area contributed by atoms with Crippen LogP contribution >= 0.6 is 0 Å². The molecule has 0 bridgehead atoms. The van der Waals surface area contributed by atoms with E-state index < -0.39 is 0 Å². The molecule has 1 unspecified atom stereocenters. The maximum Gasteiger partial charge on any atom is 0.105 e. The molecule has 0 aromatic rings. The summed E-state index contributed by atoms with van der Waals surface area (Å²) in [5.41, 5.74) is 0. The largest absolute Gasteiger partial charge is 0.376 e. The van der Waals surface area contributed by atoms with Crippen LogP contribution in [-0.4, -0.2) is 38.5 Å². The van der Waals surface area contributed by atoms with E-state index >= 15 is 0 Å². The first-order chi connectivity index (χ1) is 6.24. The molecule has 0 spiro atoms. The van der Waals surface area contributed by atoms with E-state index in [0.29, 0.717) is 18.1 Å². The van der Waals surface area contributed by atoms with Crippen molar-refractivity contribution in [2.24, 2.45) is 5.92 Å². The molecule has 0 saturated carbocycles. The zero-order valence-electron chi connectivity index (χ0n) is 8.88. The van der Waals surface area contributed by atoms with Crippen LogP contribution < -0.4 is 5.32 Å². The zero-order chi connectivity index (χ0) is 9.68. The summed E-state index contributed by atoms with van der Waals surface area (Å²) >= 11 is 0. The summed E-state index contributed by atoms with van der Waals surface area (Å²) in [4.78, 5) is 0. The van der Waals surface area contributed by atoms with E-state index in [4.69, 9.17) is 9.47 Å². The van der Waals surface area contributed by atoms with E-state index in [9.17, 15) is 0 Å². The van der Waals surface area contributed by atoms with Gasteiger partial charge < -0.3 is 14.8 Å². The van der Waals surface area contributed by atoms with Crippen LogP contribution in [0.25, 0.3) is 0 Å². The first-order valence-corrected chi connectivity index (χ1v) is 5.18. The molecule has 78 valence electrons. The Kier molecular flexibility index (Phi) is 4.70. The Bertz CT molecular complexity index is 135. The Morgan fingerprint density at radius 2 is 2.15 bits per heavy atom. The molecule has 0 amide bonds. The number of rotatable bonds is 6. The molecule has 1 atom stereocenters. The molecule has 1 saturated heterocycles. The van der Waals surface area contributed by atoms with Crippen LogP contribution in [0.3, 0.4) is 0 Å². The monoisotopic (exact) mass is 187 g/mol. The van der Waals surface area contributed by atoms with Crippen molar-refractivity contribution in [1.82, 2.24) is 5.32 Å². The van der Waals surface area contributed by atoms with E-state index in [-0.39, 0.29) is 0 Å². The first-order valence-electron chi connectivity index (χ1n) is 5.18. The van der Waals surface area contributed by atoms with E-state index in [1.165, 1.54) is 0 Å². The highest BCUT2D eigenvalue weighted by molar-refractivity contribution is 4.72. The number of nitrogens with one attached hydrogen (secondary N) is 1. The summed E-state index contributed by atoms with van der Waals surface area (Å²) in [5.74, 6) is 0.569. The Morgan fingerprint density at radius 3 is 2.54 bits per heavy atom. The minimum atomic E-state index is 0.328. The maximum atomic E-state index is 5.86. The van der Waals surface area contributed by atoms with Gasteiger partial charge in [0.05, 0.1) is 19.3 Å². The molecular weight excluding hydrogens is 166 g/mol. The molecule has 1 rings (SSSR count). The zero-order valence-corrected chi connectivity index (χ0v) is 8.88. The van der Waals surface area contributed by atoms with Crippen LogP contribution in [0.1, 0.15) is 20.8 Å². The molecular formula is C10H21NO2. The van der Waals surface area contributed by atoms with Crippen LogP contribution in [0.2, 0.25) is 0 Å². The molecule has 1 aliphatic rings. The molecule has 3 heteroatoms. The second-order valence-corrected chi connectivity index (χ2v) is 3.89. The Morgan fingerprint density at radius 1 is 1.46 bits per heavy atom. The second kappa shape index (κ2) is 5.58. The van der Waals surface area contributed by atoms with Crippen LogP contribution in [0.15, 0.2) is 0 Å². The normalized spacial score (nSPS) is 20.3. The molecule has 0 aliphatic carbocycles. The van der Waals surface area contributed by atoms with Gasteiger partial charge in [-0.1, -0.05) is 20.8 Å². The maximum absolute atomic E-state index is 5.86. The average molecular weight is 187 g/mol. The van der Waals surface area contributed by atoms with E-state index in [0.717, 1.165) is 26.3 Å². The van der Waals surface area contributed by atoms with Crippen molar-refractivity contribution in [3.05, 3.63) is 0 Å². The summed E-state index contributed by atoms with van der Waals surface area (Å²) in [6.07, 6.45) is 0.667. The predicted molar refractivity (Wildman–Crippen MR) is 52.9 cm³/mol. The summed E-state index contributed by atoms with van der Waals surface area (Å²) in [5, 5.41) is 3.32. The summed E-state index contributed by atoms with van der Waals surface area (Å²) in [6, 6.07) is 0. The molecule has 1 N–H and O–H groups in total. The van der Waals surface area contributed by atoms with Gasteiger partial charge in [0, 0.05) is 6.54 Å². The third kappa shape index (κ3) is 3.63. The average Bonchev–Trinajstić information content (AvgIpc) is 2.01. The topological polar surface area (TPSA) is 30.5 Å². The summed E-state index contributed by atoms with van der Waals surface area (Å²) in [6.45, 7) is 10.0. The lowest BCUT2D eigenvalue weighted by molar-refractivity contribution is -0.161. The van der Waals surface area contributed by atoms with E-state index in [2.05, 4.69) is 26.1 Å². The highest BCUT2D eigenvalue weighted by Gasteiger charge is 2.24. The van der Waals surface area contributed by atoms with Gasteiger partial charge in [0.2, 0.25) is 0 Å². The summed E-state index contributed by atoms with van der Waals surface area (Å²) in [7, 11) is 0. The number of hydrogen-bond donors (Lipinski definition) is 1. The van der Waals surface area contributed by atoms with Gasteiger partial charge in [0.15, 0.2) is 0 Å². The molecule has 0 radical (unpaired) electrons. The van der Waals surface area contributed by atoms with E-state index in [1.54, 1.807) is 0 Å². The molecule has 1 heterocycles. The van der Waals surface area contributed by atoms with Gasteiger partial charge in [0.1, 0.15) is 6.10 Å². The Labute approximate surface area is 80.8 Å². The lowest BCUT2D eigenvalue weighted by Gasteiger charge is -2.32. The fourth-order valence-electron chi connectivity index (χ4n) is 1.27. The third-order valence-corrected chi connectivity index (χ3v) is 2.31. The molecule has 0 aromatic heterocycles. The minimum Gasteiger partial charge on any atom is -0.376 e. The molecule has 13 heavy (non-hydrogen) atoms. The summed E-state index contributed by atoms with van der Waals surface area (Å²) < 4.78 is 10.9. The SMILES string of the molecule is CCNCC(OC1COC1)C(C)C. The minimum absolute atomic E-state index is 0.328. The highest BCUT2D eigenvalue weighted by Crippen LogP contribution is 2.13. The van der Waals surface area contributed by atoms with Gasteiger partial charge in [-0.05, 0) is 12.5 Å².